The van der Waals surface area contributed by atoms with Crippen molar-refractivity contribution in [2.75, 3.05) is 18.0 Å². The molecule has 1 aromatic rings. The molecule has 0 aromatic heterocycles. The molecule has 108 valence electrons. The number of halogens is 1. The zero-order chi connectivity index (χ0) is 14.5. The fourth-order valence-corrected chi connectivity index (χ4v) is 2.49. The lowest BCUT2D eigenvalue weighted by atomic mass is 10.1. The first-order chi connectivity index (χ1) is 8.87. The molecule has 0 spiro atoms. The highest BCUT2D eigenvalue weighted by Gasteiger charge is 2.13. The van der Waals surface area contributed by atoms with E-state index in [0.717, 1.165) is 24.1 Å². The summed E-state index contributed by atoms with van der Waals surface area (Å²) in [6.45, 7) is 14.1. The molecule has 3 heteroatoms. The number of rotatable bonds is 6. The van der Waals surface area contributed by atoms with Gasteiger partial charge < -0.3 is 10.2 Å². The maximum Gasteiger partial charge on any atom is 0.0412 e. The van der Waals surface area contributed by atoms with Gasteiger partial charge in [0.05, 0.1) is 0 Å². The van der Waals surface area contributed by atoms with Crippen molar-refractivity contribution in [3.8, 4) is 0 Å². The fraction of sp³-hybridized carbons (Fsp3) is 0.625. The Hall–Kier alpha value is -0.540. The summed E-state index contributed by atoms with van der Waals surface area (Å²) in [6, 6.07) is 6.59. The lowest BCUT2D eigenvalue weighted by molar-refractivity contribution is 0.424. The normalized spacial score (nSPS) is 11.7. The molecule has 0 heterocycles. The minimum atomic E-state index is 0.140. The third-order valence-corrected chi connectivity index (χ3v) is 3.56. The molecule has 0 aliphatic carbocycles. The topological polar surface area (TPSA) is 15.3 Å². The number of nitrogens with one attached hydrogen (secondary N) is 1. The summed E-state index contributed by atoms with van der Waals surface area (Å²) in [7, 11) is 0. The van der Waals surface area contributed by atoms with Gasteiger partial charge in [0.2, 0.25) is 0 Å². The molecule has 1 rings (SSSR count). The fourth-order valence-electron chi connectivity index (χ4n) is 2.08. The molecule has 1 N–H and O–H groups in total. The summed E-state index contributed by atoms with van der Waals surface area (Å²) in [5.41, 5.74) is 2.85. The van der Waals surface area contributed by atoms with E-state index in [4.69, 9.17) is 0 Å². The van der Waals surface area contributed by atoms with Gasteiger partial charge in [0.15, 0.2) is 0 Å². The molecule has 1 aromatic carbocycles. The molecule has 0 radical (unpaired) electrons. The van der Waals surface area contributed by atoms with E-state index in [-0.39, 0.29) is 5.54 Å². The largest absolute Gasteiger partial charge is 0.372 e. The second kappa shape index (κ2) is 7.30. The molecular formula is C16H27BrN2. The van der Waals surface area contributed by atoms with Crippen LogP contribution in [0.1, 0.15) is 46.6 Å². The van der Waals surface area contributed by atoms with Crippen LogP contribution in [0.5, 0.6) is 0 Å². The lowest BCUT2D eigenvalue weighted by Crippen LogP contribution is -2.36. The number of anilines is 1. The molecule has 0 fully saturated rings. The summed E-state index contributed by atoms with van der Waals surface area (Å²) >= 11 is 3.58. The molecule has 0 aliphatic heterocycles. The van der Waals surface area contributed by atoms with Crippen molar-refractivity contribution in [3.63, 3.8) is 0 Å². The Morgan fingerprint density at radius 2 is 1.89 bits per heavy atom. The average Bonchev–Trinajstić information content (AvgIpc) is 2.33. The molecule has 0 aliphatic rings. The van der Waals surface area contributed by atoms with E-state index >= 15 is 0 Å². The number of hydrogen-bond donors (Lipinski definition) is 1. The Morgan fingerprint density at radius 1 is 1.21 bits per heavy atom. The first-order valence-electron chi connectivity index (χ1n) is 7.15. The van der Waals surface area contributed by atoms with Gasteiger partial charge >= 0.3 is 0 Å². The summed E-state index contributed by atoms with van der Waals surface area (Å²) < 4.78 is 1.15. The van der Waals surface area contributed by atoms with Gasteiger partial charge in [-0.05, 0) is 57.9 Å². The number of nitrogens with zero attached hydrogens (tertiary/aromatic N) is 1. The Labute approximate surface area is 126 Å². The van der Waals surface area contributed by atoms with Crippen LogP contribution in [0.3, 0.4) is 0 Å². The Bertz CT molecular complexity index is 396. The third kappa shape index (κ3) is 5.53. The number of hydrogen-bond acceptors (Lipinski definition) is 2. The molecule has 0 saturated heterocycles. The van der Waals surface area contributed by atoms with Gasteiger partial charge in [-0.15, -0.1) is 0 Å². The van der Waals surface area contributed by atoms with Gasteiger partial charge in [-0.1, -0.05) is 22.9 Å². The third-order valence-electron chi connectivity index (χ3n) is 3.07. The highest BCUT2D eigenvalue weighted by Crippen LogP contribution is 2.25. The monoisotopic (exact) mass is 326 g/mol. The van der Waals surface area contributed by atoms with E-state index in [0.29, 0.717) is 0 Å². The highest BCUT2D eigenvalue weighted by atomic mass is 79.9. The molecule has 2 nitrogen and oxygen atoms in total. The van der Waals surface area contributed by atoms with Crippen molar-refractivity contribution >= 4 is 21.6 Å². The van der Waals surface area contributed by atoms with Crippen molar-refractivity contribution in [2.24, 2.45) is 0 Å². The van der Waals surface area contributed by atoms with Crippen LogP contribution >= 0.6 is 15.9 Å². The maximum atomic E-state index is 3.58. The summed E-state index contributed by atoms with van der Waals surface area (Å²) in [4.78, 5) is 2.45. The van der Waals surface area contributed by atoms with Gasteiger partial charge in [0.25, 0.3) is 0 Å². The van der Waals surface area contributed by atoms with Gasteiger partial charge in [-0.3, -0.25) is 0 Å². The second-order valence-corrected chi connectivity index (χ2v) is 6.87. The van der Waals surface area contributed by atoms with Crippen LogP contribution in [-0.4, -0.2) is 18.6 Å². The molecule has 0 atom stereocenters. The van der Waals surface area contributed by atoms with E-state index in [1.165, 1.54) is 17.7 Å². The van der Waals surface area contributed by atoms with Crippen LogP contribution in [0.2, 0.25) is 0 Å². The summed E-state index contributed by atoms with van der Waals surface area (Å²) in [5.74, 6) is 0. The zero-order valence-corrected chi connectivity index (χ0v) is 14.5. The van der Waals surface area contributed by atoms with Crippen LogP contribution < -0.4 is 10.2 Å². The molecule has 0 unspecified atom stereocenters. The smallest absolute Gasteiger partial charge is 0.0412 e. The van der Waals surface area contributed by atoms with Crippen LogP contribution in [-0.2, 0) is 6.54 Å². The number of benzene rings is 1. The van der Waals surface area contributed by atoms with Crippen LogP contribution in [0.25, 0.3) is 0 Å². The molecule has 0 bridgehead atoms. The Morgan fingerprint density at radius 3 is 2.42 bits per heavy atom. The van der Waals surface area contributed by atoms with Crippen molar-refractivity contribution in [1.29, 1.82) is 0 Å². The van der Waals surface area contributed by atoms with E-state index in [1.807, 2.05) is 0 Å². The second-order valence-electron chi connectivity index (χ2n) is 5.96. The standard InChI is InChI=1S/C16H27BrN2/c1-6-10-19(7-2)15-9-8-14(17)11-13(15)12-18-16(3,4)5/h8-9,11,18H,6-7,10,12H2,1-5H3. The Kier molecular flexibility index (Phi) is 6.34. The van der Waals surface area contributed by atoms with Crippen LogP contribution in [0.15, 0.2) is 22.7 Å². The molecule has 0 saturated carbocycles. The minimum absolute atomic E-state index is 0.140. The van der Waals surface area contributed by atoms with E-state index in [1.54, 1.807) is 0 Å². The van der Waals surface area contributed by atoms with E-state index in [9.17, 15) is 0 Å². The van der Waals surface area contributed by atoms with E-state index < -0.39 is 0 Å². The summed E-state index contributed by atoms with van der Waals surface area (Å²) in [5, 5.41) is 3.58. The average molecular weight is 327 g/mol. The van der Waals surface area contributed by atoms with Gasteiger partial charge in [-0.2, -0.15) is 0 Å². The minimum Gasteiger partial charge on any atom is -0.372 e. The predicted molar refractivity (Wildman–Crippen MR) is 88.9 cm³/mol. The Balaban J connectivity index is 2.96. The quantitative estimate of drug-likeness (QED) is 0.823. The zero-order valence-electron chi connectivity index (χ0n) is 12.9. The van der Waals surface area contributed by atoms with E-state index in [2.05, 4.69) is 79.0 Å². The van der Waals surface area contributed by atoms with Crippen LogP contribution in [0, 0.1) is 0 Å². The van der Waals surface area contributed by atoms with Crippen LogP contribution in [0.4, 0.5) is 5.69 Å². The van der Waals surface area contributed by atoms with Crippen molar-refractivity contribution in [1.82, 2.24) is 5.32 Å². The predicted octanol–water partition coefficient (Wildman–Crippen LogP) is 4.57. The van der Waals surface area contributed by atoms with Gasteiger partial charge in [0.1, 0.15) is 0 Å². The van der Waals surface area contributed by atoms with Crippen molar-refractivity contribution < 1.29 is 0 Å². The van der Waals surface area contributed by atoms with Crippen molar-refractivity contribution in [2.45, 2.75) is 53.1 Å². The summed E-state index contributed by atoms with van der Waals surface area (Å²) in [6.07, 6.45) is 1.18. The molecule has 0 amide bonds. The van der Waals surface area contributed by atoms with Gasteiger partial charge in [-0.25, -0.2) is 0 Å². The lowest BCUT2D eigenvalue weighted by Gasteiger charge is -2.27. The van der Waals surface area contributed by atoms with Crippen molar-refractivity contribution in [3.05, 3.63) is 28.2 Å². The SMILES string of the molecule is CCCN(CC)c1ccc(Br)cc1CNC(C)(C)C. The molecule has 19 heavy (non-hydrogen) atoms. The highest BCUT2D eigenvalue weighted by molar-refractivity contribution is 9.10. The molecular weight excluding hydrogens is 300 g/mol. The maximum absolute atomic E-state index is 3.58. The first-order valence-corrected chi connectivity index (χ1v) is 7.95. The van der Waals surface area contributed by atoms with Gasteiger partial charge in [0, 0.05) is 35.3 Å². The first kappa shape index (κ1) is 16.5.